The summed E-state index contributed by atoms with van der Waals surface area (Å²) in [5, 5.41) is 0.0756. The minimum atomic E-state index is -3.59. The monoisotopic (exact) mass is 874 g/mol. The Labute approximate surface area is 360 Å². The van der Waals surface area contributed by atoms with Crippen LogP contribution in [0.25, 0.3) is 0 Å². The lowest BCUT2D eigenvalue weighted by atomic mass is 9.87. The summed E-state index contributed by atoms with van der Waals surface area (Å²) in [7, 11) is -7.84. The molecule has 4 aliphatic rings. The van der Waals surface area contributed by atoms with Crippen LogP contribution in [0.1, 0.15) is 105 Å². The van der Waals surface area contributed by atoms with Gasteiger partial charge in [0.2, 0.25) is 0 Å². The fourth-order valence-electron chi connectivity index (χ4n) is 8.21. The third kappa shape index (κ3) is 13.0. The van der Waals surface area contributed by atoms with E-state index >= 15 is 0 Å². The van der Waals surface area contributed by atoms with Crippen molar-refractivity contribution in [1.29, 1.82) is 0 Å². The van der Waals surface area contributed by atoms with Crippen LogP contribution in [0.4, 0.5) is 0 Å². The molecule has 0 aliphatic carbocycles. The first-order chi connectivity index (χ1) is 27.3. The Morgan fingerprint density at radius 1 is 0.780 bits per heavy atom. The van der Waals surface area contributed by atoms with Gasteiger partial charge in [0.25, 0.3) is 0 Å². The fraction of sp³-hybridized carbons (Fsp3) is 0.745. The van der Waals surface area contributed by atoms with E-state index in [1.165, 1.54) is 0 Å². The maximum atomic E-state index is 14.0. The van der Waals surface area contributed by atoms with Crippen LogP contribution in [0.15, 0.2) is 65.6 Å². The van der Waals surface area contributed by atoms with Gasteiger partial charge >= 0.3 is 0 Å². The Hall–Kier alpha value is -1.46. The van der Waals surface area contributed by atoms with Crippen LogP contribution in [-0.4, -0.2) is 99.6 Å². The molecule has 1 aromatic rings. The van der Waals surface area contributed by atoms with Crippen LogP contribution in [0.3, 0.4) is 0 Å². The van der Waals surface area contributed by atoms with Crippen molar-refractivity contribution in [1.82, 2.24) is 0 Å². The molecule has 9 nitrogen and oxygen atoms in total. The summed E-state index contributed by atoms with van der Waals surface area (Å²) >= 11 is 0. The van der Waals surface area contributed by atoms with Crippen LogP contribution in [0.2, 0.25) is 36.3 Å². The van der Waals surface area contributed by atoms with Crippen molar-refractivity contribution in [3.05, 3.63) is 66.3 Å². The standard InChI is InChI=1S/C47H78O9SSi2/c1-32-15-19-41(20-16-32)57(48,49)31-36-27-39(28-40(56-59(13,14)47(8,9)10)30-52-58(11,12)46(5,6)7)55-44(36)29-43-35(4)33(2)25-37(54-43)17-21-42-34(3)26-38(53-42)18-22-45-50-23-24-51-45/h15-16,19-20,36-40,42-45H,2-4,17-18,21-31H2,1,5-14H3/t36-,37-,38-,39-,40?,42-,43+,44-/m0/s1. The molecule has 59 heavy (non-hydrogen) atoms. The van der Waals surface area contributed by atoms with Gasteiger partial charge in [-0.3, -0.25) is 0 Å². The van der Waals surface area contributed by atoms with Gasteiger partial charge < -0.3 is 32.5 Å². The van der Waals surface area contributed by atoms with E-state index < -0.39 is 26.5 Å². The first-order valence-corrected chi connectivity index (χ1v) is 29.7. The van der Waals surface area contributed by atoms with Crippen molar-refractivity contribution in [3.8, 4) is 0 Å². The predicted octanol–water partition coefficient (Wildman–Crippen LogP) is 10.7. The molecule has 5 rings (SSSR count). The maximum absolute atomic E-state index is 14.0. The number of hydrogen-bond acceptors (Lipinski definition) is 9. The highest BCUT2D eigenvalue weighted by Gasteiger charge is 2.46. The normalized spacial score (nSPS) is 28.5. The van der Waals surface area contributed by atoms with Crippen LogP contribution < -0.4 is 0 Å². The lowest BCUT2D eigenvalue weighted by Crippen LogP contribution is -2.48. The molecule has 0 saturated carbocycles. The van der Waals surface area contributed by atoms with E-state index in [2.05, 4.69) is 87.5 Å². The number of hydrogen-bond donors (Lipinski definition) is 0. The summed E-state index contributed by atoms with van der Waals surface area (Å²) in [4.78, 5) is 0.345. The van der Waals surface area contributed by atoms with E-state index in [0.717, 1.165) is 54.4 Å². The van der Waals surface area contributed by atoms with Gasteiger partial charge in [0.15, 0.2) is 32.8 Å². The molecular formula is C47H78O9SSi2. The van der Waals surface area contributed by atoms with E-state index in [1.807, 2.05) is 19.1 Å². The highest BCUT2D eigenvalue weighted by atomic mass is 32.2. The molecule has 0 bridgehead atoms. The minimum absolute atomic E-state index is 0.00365. The molecule has 0 amide bonds. The van der Waals surface area contributed by atoms with Gasteiger partial charge in [-0.15, -0.1) is 0 Å². The quantitative estimate of drug-likeness (QED) is 0.105. The summed E-state index contributed by atoms with van der Waals surface area (Å²) in [5.74, 6) is -0.241. The zero-order valence-corrected chi connectivity index (χ0v) is 41.2. The molecule has 4 fully saturated rings. The first kappa shape index (κ1) is 48.6. The van der Waals surface area contributed by atoms with E-state index in [4.69, 9.17) is 32.5 Å². The molecule has 8 atom stereocenters. The number of sulfone groups is 1. The van der Waals surface area contributed by atoms with Crippen molar-refractivity contribution in [3.63, 3.8) is 0 Å². The molecule has 4 heterocycles. The minimum Gasteiger partial charge on any atom is -0.414 e. The molecule has 0 N–H and O–H groups in total. The van der Waals surface area contributed by atoms with E-state index in [0.29, 0.717) is 50.4 Å². The van der Waals surface area contributed by atoms with Crippen molar-refractivity contribution >= 4 is 26.5 Å². The molecule has 0 radical (unpaired) electrons. The average Bonchev–Trinajstić information content (AvgIpc) is 3.87. The van der Waals surface area contributed by atoms with Gasteiger partial charge in [0.05, 0.1) is 73.2 Å². The Bertz CT molecular complexity index is 1710. The molecule has 0 spiro atoms. The average molecular weight is 875 g/mol. The molecule has 12 heteroatoms. The highest BCUT2D eigenvalue weighted by molar-refractivity contribution is 7.91. The molecule has 1 unspecified atom stereocenters. The first-order valence-electron chi connectivity index (χ1n) is 22.2. The van der Waals surface area contributed by atoms with Crippen molar-refractivity contribution in [2.45, 2.75) is 196 Å². The summed E-state index contributed by atoms with van der Waals surface area (Å²) in [6.07, 6.45) is 5.50. The second-order valence-corrected chi connectivity index (χ2v) is 32.5. The molecular weight excluding hydrogens is 797 g/mol. The Morgan fingerprint density at radius 3 is 2.00 bits per heavy atom. The molecule has 0 aromatic heterocycles. The number of ether oxygens (including phenoxy) is 5. The third-order valence-electron chi connectivity index (χ3n) is 14.1. The van der Waals surface area contributed by atoms with Gasteiger partial charge in [-0.25, -0.2) is 8.42 Å². The molecule has 4 aliphatic heterocycles. The summed E-state index contributed by atoms with van der Waals surface area (Å²) in [6.45, 7) is 39.7. The fourth-order valence-corrected chi connectivity index (χ4v) is 12.3. The Morgan fingerprint density at radius 2 is 1.37 bits per heavy atom. The second-order valence-electron chi connectivity index (χ2n) is 20.9. The van der Waals surface area contributed by atoms with Gasteiger partial charge in [-0.05, 0) is 111 Å². The zero-order chi connectivity index (χ0) is 43.6. The van der Waals surface area contributed by atoms with E-state index in [9.17, 15) is 8.42 Å². The maximum Gasteiger partial charge on any atom is 0.192 e. The van der Waals surface area contributed by atoms with Crippen LogP contribution in [-0.2, 0) is 42.4 Å². The van der Waals surface area contributed by atoms with Crippen molar-refractivity contribution in [2.75, 3.05) is 25.6 Å². The van der Waals surface area contributed by atoms with E-state index in [-0.39, 0.29) is 70.8 Å². The lowest BCUT2D eigenvalue weighted by molar-refractivity contribution is -0.0643. The van der Waals surface area contributed by atoms with E-state index in [1.54, 1.807) is 12.1 Å². The molecule has 1 aromatic carbocycles. The topological polar surface area (TPSA) is 98.8 Å². The van der Waals surface area contributed by atoms with Gasteiger partial charge in [0.1, 0.15) is 0 Å². The summed E-state index contributed by atoms with van der Waals surface area (Å²) in [6, 6.07) is 7.17. The summed E-state index contributed by atoms with van der Waals surface area (Å²) in [5.41, 5.74) is 4.01. The molecule has 334 valence electrons. The number of benzene rings is 1. The number of aryl methyl sites for hydroxylation is 1. The molecule has 4 saturated heterocycles. The zero-order valence-electron chi connectivity index (χ0n) is 38.4. The van der Waals surface area contributed by atoms with Crippen LogP contribution >= 0.6 is 0 Å². The summed E-state index contributed by atoms with van der Waals surface area (Å²) < 4.78 is 73.5. The van der Waals surface area contributed by atoms with Gasteiger partial charge in [-0.2, -0.15) is 0 Å². The Kier molecular flexibility index (Phi) is 16.1. The Balaban J connectivity index is 1.30. The smallest absolute Gasteiger partial charge is 0.192 e. The van der Waals surface area contributed by atoms with Crippen LogP contribution in [0, 0.1) is 12.8 Å². The number of rotatable bonds is 18. The van der Waals surface area contributed by atoms with Crippen LogP contribution in [0.5, 0.6) is 0 Å². The largest absolute Gasteiger partial charge is 0.414 e. The third-order valence-corrected chi connectivity index (χ3v) is 25.0. The van der Waals surface area contributed by atoms with Crippen molar-refractivity contribution in [2.24, 2.45) is 5.92 Å². The predicted molar refractivity (Wildman–Crippen MR) is 243 cm³/mol. The van der Waals surface area contributed by atoms with Crippen molar-refractivity contribution < 1.29 is 41.0 Å². The lowest BCUT2D eigenvalue weighted by Gasteiger charge is -2.42. The van der Waals surface area contributed by atoms with Gasteiger partial charge in [-0.1, -0.05) is 79.0 Å². The highest BCUT2D eigenvalue weighted by Crippen LogP contribution is 2.43. The van der Waals surface area contributed by atoms with Gasteiger partial charge in [0, 0.05) is 25.2 Å². The second kappa shape index (κ2) is 19.5. The SMILES string of the molecule is C=C1C[C@H](CC[C@@H]2O[C@@H](CCC3OCCO3)CC2=C)O[C@H](C[C@@H]2O[C@H](CC(CO[Si](C)(C)C(C)(C)C)O[Si](C)(C)C(C)(C)C)C[C@H]2CS(=O)(=O)c2ccc(C)cc2)C1=C.